The fourth-order valence-corrected chi connectivity index (χ4v) is 6.14. The molecule has 0 N–H and O–H groups in total. The van der Waals surface area contributed by atoms with Gasteiger partial charge in [-0.1, -0.05) is 78.6 Å². The normalized spacial score (nSPS) is 16.4. The lowest BCUT2D eigenvalue weighted by molar-refractivity contribution is 0.436. The molecule has 0 radical (unpaired) electrons. The first kappa shape index (κ1) is 19.2. The Balaban J connectivity index is 1.85. The minimum atomic E-state index is -3.69. The summed E-state index contributed by atoms with van der Waals surface area (Å²) in [5, 5.41) is 0. The summed E-state index contributed by atoms with van der Waals surface area (Å²) in [5.41, 5.74) is 2.04. The van der Waals surface area contributed by atoms with Gasteiger partial charge >= 0.3 is 0 Å². The number of rotatable bonds is 4. The molecule has 2 aromatic carbocycles. The van der Waals surface area contributed by atoms with Gasteiger partial charge in [-0.05, 0) is 37.5 Å². The highest BCUT2D eigenvalue weighted by molar-refractivity contribution is 7.90. The average Bonchev–Trinajstić information content (AvgIpc) is 3.14. The average molecular weight is 413 g/mol. The predicted molar refractivity (Wildman–Crippen MR) is 114 cm³/mol. The summed E-state index contributed by atoms with van der Waals surface area (Å²) in [4.78, 5) is 6.64. The van der Waals surface area contributed by atoms with Crippen LogP contribution in [0.5, 0.6) is 0 Å². The van der Waals surface area contributed by atoms with Gasteiger partial charge in [-0.25, -0.2) is 12.4 Å². The molecule has 0 spiro atoms. The van der Waals surface area contributed by atoms with Crippen molar-refractivity contribution >= 4 is 21.4 Å². The van der Waals surface area contributed by atoms with Crippen molar-refractivity contribution in [3.05, 3.63) is 71.2 Å². The zero-order valence-corrected chi connectivity index (χ0v) is 17.5. The molecule has 146 valence electrons. The molecule has 0 atom stereocenters. The fraction of sp³-hybridized carbons (Fsp3) is 0.318. The minimum Gasteiger partial charge on any atom is -0.255 e. The van der Waals surface area contributed by atoms with E-state index in [2.05, 4.69) is 0 Å². The smallest absolute Gasteiger partial charge is 0.255 e. The van der Waals surface area contributed by atoms with Crippen LogP contribution in [0.15, 0.2) is 70.7 Å². The molecule has 4 nitrogen and oxygen atoms in total. The molecular weight excluding hydrogens is 388 g/mol. The standard InChI is InChI=1S/C22H24N2O2S2/c1-17-12-14-20(15-13-17)28(25,26)24-16-21(18-8-4-2-5-9-18)27-22(24)23-19-10-6-3-7-11-19/h2,4-5,8-9,12-16,19H,3,6-7,10-11H2,1H3. The number of aryl methyl sites for hydroxylation is 1. The molecule has 1 saturated carbocycles. The van der Waals surface area contributed by atoms with Gasteiger partial charge in [-0.15, -0.1) is 0 Å². The van der Waals surface area contributed by atoms with E-state index < -0.39 is 10.0 Å². The van der Waals surface area contributed by atoms with Crippen molar-refractivity contribution in [3.8, 4) is 10.4 Å². The molecule has 3 aromatic rings. The molecule has 28 heavy (non-hydrogen) atoms. The first-order chi connectivity index (χ1) is 13.5. The third kappa shape index (κ3) is 3.98. The van der Waals surface area contributed by atoms with Gasteiger partial charge in [0, 0.05) is 6.20 Å². The molecule has 1 heterocycles. The number of benzene rings is 2. The highest BCUT2D eigenvalue weighted by atomic mass is 32.2. The van der Waals surface area contributed by atoms with E-state index in [1.165, 1.54) is 21.7 Å². The topological polar surface area (TPSA) is 51.4 Å². The van der Waals surface area contributed by atoms with Gasteiger partial charge in [0.05, 0.1) is 15.8 Å². The Bertz CT molecular complexity index is 1110. The summed E-state index contributed by atoms with van der Waals surface area (Å²) in [5.74, 6) is 0. The van der Waals surface area contributed by atoms with Gasteiger partial charge in [-0.3, -0.25) is 4.99 Å². The van der Waals surface area contributed by atoms with Crippen molar-refractivity contribution in [2.75, 3.05) is 0 Å². The van der Waals surface area contributed by atoms with Crippen LogP contribution in [0.1, 0.15) is 37.7 Å². The molecule has 4 rings (SSSR count). The molecule has 0 saturated heterocycles. The molecule has 0 amide bonds. The molecule has 1 aliphatic carbocycles. The van der Waals surface area contributed by atoms with Crippen LogP contribution in [-0.2, 0) is 10.0 Å². The summed E-state index contributed by atoms with van der Waals surface area (Å²) in [6, 6.07) is 17.1. The third-order valence-electron chi connectivity index (χ3n) is 5.13. The molecule has 6 heteroatoms. The summed E-state index contributed by atoms with van der Waals surface area (Å²) in [7, 11) is -3.69. The van der Waals surface area contributed by atoms with Gasteiger partial charge in [0.1, 0.15) is 0 Å². The number of hydrogen-bond donors (Lipinski definition) is 0. The van der Waals surface area contributed by atoms with Gasteiger partial charge in [0.25, 0.3) is 10.0 Å². The Morgan fingerprint density at radius 2 is 1.64 bits per heavy atom. The van der Waals surface area contributed by atoms with Crippen molar-refractivity contribution in [1.82, 2.24) is 3.97 Å². The van der Waals surface area contributed by atoms with Crippen LogP contribution in [-0.4, -0.2) is 18.4 Å². The van der Waals surface area contributed by atoms with Gasteiger partial charge in [-0.2, -0.15) is 0 Å². The Morgan fingerprint density at radius 3 is 2.32 bits per heavy atom. The van der Waals surface area contributed by atoms with Crippen LogP contribution in [0.25, 0.3) is 10.4 Å². The molecule has 1 aliphatic rings. The van der Waals surface area contributed by atoms with Crippen molar-refractivity contribution < 1.29 is 8.42 Å². The lowest BCUT2D eigenvalue weighted by Gasteiger charge is -2.17. The van der Waals surface area contributed by atoms with E-state index in [0.29, 0.717) is 9.70 Å². The molecule has 0 bridgehead atoms. The van der Waals surface area contributed by atoms with Gasteiger partial charge in [0.2, 0.25) is 0 Å². The van der Waals surface area contributed by atoms with E-state index in [9.17, 15) is 8.42 Å². The molecule has 0 aliphatic heterocycles. The summed E-state index contributed by atoms with van der Waals surface area (Å²) in [6.07, 6.45) is 7.35. The second kappa shape index (κ2) is 8.05. The Hall–Kier alpha value is -2.18. The van der Waals surface area contributed by atoms with Crippen molar-refractivity contribution in [3.63, 3.8) is 0 Å². The van der Waals surface area contributed by atoms with E-state index in [1.807, 2.05) is 49.4 Å². The first-order valence-electron chi connectivity index (χ1n) is 9.68. The monoisotopic (exact) mass is 412 g/mol. The maximum atomic E-state index is 13.4. The maximum absolute atomic E-state index is 13.4. The molecule has 0 unspecified atom stereocenters. The third-order valence-corrected chi connectivity index (χ3v) is 7.95. The van der Waals surface area contributed by atoms with E-state index in [-0.39, 0.29) is 6.04 Å². The fourth-order valence-electron chi connectivity index (χ4n) is 3.51. The SMILES string of the molecule is Cc1ccc(S(=O)(=O)n2cc(-c3ccccc3)sc2=NC2CCCCC2)cc1. The number of thiazole rings is 1. The van der Waals surface area contributed by atoms with Gasteiger partial charge < -0.3 is 0 Å². The summed E-state index contributed by atoms with van der Waals surface area (Å²) in [6.45, 7) is 1.95. The number of nitrogens with zero attached hydrogens (tertiary/aromatic N) is 2. The summed E-state index contributed by atoms with van der Waals surface area (Å²) >= 11 is 1.45. The maximum Gasteiger partial charge on any atom is 0.270 e. The van der Waals surface area contributed by atoms with E-state index >= 15 is 0 Å². The second-order valence-corrected chi connectivity index (χ2v) is 10.1. The van der Waals surface area contributed by atoms with Crippen LogP contribution in [0.2, 0.25) is 0 Å². The highest BCUT2D eigenvalue weighted by Gasteiger charge is 2.21. The first-order valence-corrected chi connectivity index (χ1v) is 11.9. The second-order valence-electron chi connectivity index (χ2n) is 7.28. The Labute approximate surface area is 170 Å². The number of aromatic nitrogens is 1. The van der Waals surface area contributed by atoms with Crippen LogP contribution in [0, 0.1) is 6.92 Å². The van der Waals surface area contributed by atoms with Crippen LogP contribution >= 0.6 is 11.3 Å². The highest BCUT2D eigenvalue weighted by Crippen LogP contribution is 2.25. The van der Waals surface area contributed by atoms with Crippen LogP contribution in [0.4, 0.5) is 0 Å². The van der Waals surface area contributed by atoms with Crippen LogP contribution < -0.4 is 4.80 Å². The van der Waals surface area contributed by atoms with Crippen LogP contribution in [0.3, 0.4) is 0 Å². The zero-order chi connectivity index (χ0) is 19.6. The van der Waals surface area contributed by atoms with Gasteiger partial charge in [0.15, 0.2) is 4.80 Å². The molecule has 1 fully saturated rings. The lowest BCUT2D eigenvalue weighted by atomic mass is 9.96. The van der Waals surface area contributed by atoms with Crippen molar-refractivity contribution in [2.24, 2.45) is 4.99 Å². The van der Waals surface area contributed by atoms with Crippen molar-refractivity contribution in [2.45, 2.75) is 50.0 Å². The molecular formula is C22H24N2O2S2. The quantitative estimate of drug-likeness (QED) is 0.606. The van der Waals surface area contributed by atoms with E-state index in [0.717, 1.165) is 41.7 Å². The number of hydrogen-bond acceptors (Lipinski definition) is 4. The Kier molecular flexibility index (Phi) is 5.51. The minimum absolute atomic E-state index is 0.204. The summed E-state index contributed by atoms with van der Waals surface area (Å²) < 4.78 is 28.1. The predicted octanol–water partition coefficient (Wildman–Crippen LogP) is 5.00. The largest absolute Gasteiger partial charge is 0.270 e. The molecule has 1 aromatic heterocycles. The zero-order valence-electron chi connectivity index (χ0n) is 15.9. The van der Waals surface area contributed by atoms with E-state index in [1.54, 1.807) is 18.3 Å². The lowest BCUT2D eigenvalue weighted by Crippen LogP contribution is -2.25. The van der Waals surface area contributed by atoms with Crippen molar-refractivity contribution in [1.29, 1.82) is 0 Å². The Morgan fingerprint density at radius 1 is 0.964 bits per heavy atom. The van der Waals surface area contributed by atoms with E-state index in [4.69, 9.17) is 4.99 Å².